The van der Waals surface area contributed by atoms with Crippen molar-refractivity contribution < 1.29 is 4.92 Å². The summed E-state index contributed by atoms with van der Waals surface area (Å²) in [6, 6.07) is 7.63. The molecule has 0 saturated carbocycles. The topological polar surface area (TPSA) is 66.9 Å². The molecule has 1 aromatic rings. The SMILES string of the molecule is N#CC#Cc1ccccc1[N+](=O)[O-]. The van der Waals surface area contributed by atoms with Crippen LogP contribution in [-0.4, -0.2) is 4.92 Å². The zero-order valence-corrected chi connectivity index (χ0v) is 6.52. The highest BCUT2D eigenvalue weighted by Gasteiger charge is 2.09. The Hall–Kier alpha value is -2.33. The molecule has 0 aliphatic rings. The molecule has 0 fully saturated rings. The number of para-hydroxylation sites is 1. The first kappa shape index (κ1) is 8.76. The third-order valence-corrected chi connectivity index (χ3v) is 1.35. The summed E-state index contributed by atoms with van der Waals surface area (Å²) in [5.41, 5.74) is 0.180. The lowest BCUT2D eigenvalue weighted by molar-refractivity contribution is -0.385. The number of nitriles is 1. The van der Waals surface area contributed by atoms with Crippen molar-refractivity contribution in [2.45, 2.75) is 0 Å². The van der Waals surface area contributed by atoms with Crippen LogP contribution < -0.4 is 0 Å². The van der Waals surface area contributed by atoms with Gasteiger partial charge < -0.3 is 0 Å². The lowest BCUT2D eigenvalue weighted by atomic mass is 10.2. The van der Waals surface area contributed by atoms with E-state index in [4.69, 9.17) is 5.26 Å². The highest BCUT2D eigenvalue weighted by Crippen LogP contribution is 2.15. The van der Waals surface area contributed by atoms with Gasteiger partial charge in [0.2, 0.25) is 0 Å². The molecule has 0 aliphatic heterocycles. The maximum absolute atomic E-state index is 10.4. The zero-order chi connectivity index (χ0) is 9.68. The number of benzene rings is 1. The first-order valence-electron chi connectivity index (χ1n) is 3.39. The van der Waals surface area contributed by atoms with Gasteiger partial charge in [0.05, 0.1) is 4.92 Å². The fraction of sp³-hybridized carbons (Fsp3) is 0. The summed E-state index contributed by atoms with van der Waals surface area (Å²) in [4.78, 5) is 9.91. The second kappa shape index (κ2) is 3.89. The quantitative estimate of drug-likeness (QED) is 0.366. The van der Waals surface area contributed by atoms with Gasteiger partial charge in [-0.05, 0) is 12.0 Å². The van der Waals surface area contributed by atoms with Gasteiger partial charge in [-0.3, -0.25) is 10.1 Å². The third kappa shape index (κ3) is 2.05. The Labute approximate surface area is 74.6 Å². The van der Waals surface area contributed by atoms with Gasteiger partial charge in [0.1, 0.15) is 5.56 Å². The van der Waals surface area contributed by atoms with E-state index in [0.29, 0.717) is 0 Å². The van der Waals surface area contributed by atoms with Crippen molar-refractivity contribution in [2.75, 3.05) is 0 Å². The van der Waals surface area contributed by atoms with Crippen molar-refractivity contribution >= 4 is 5.69 Å². The monoisotopic (exact) mass is 172 g/mol. The molecule has 0 atom stereocenters. The van der Waals surface area contributed by atoms with Crippen molar-refractivity contribution in [3.63, 3.8) is 0 Å². The zero-order valence-electron chi connectivity index (χ0n) is 6.52. The second-order valence-corrected chi connectivity index (χ2v) is 2.14. The highest BCUT2D eigenvalue weighted by atomic mass is 16.6. The van der Waals surface area contributed by atoms with E-state index in [2.05, 4.69) is 11.8 Å². The van der Waals surface area contributed by atoms with Crippen LogP contribution in [0.3, 0.4) is 0 Å². The predicted octanol–water partition coefficient (Wildman–Crippen LogP) is 1.47. The Morgan fingerprint density at radius 2 is 2.08 bits per heavy atom. The fourth-order valence-electron chi connectivity index (χ4n) is 0.834. The van der Waals surface area contributed by atoms with Crippen molar-refractivity contribution in [1.82, 2.24) is 0 Å². The first-order valence-corrected chi connectivity index (χ1v) is 3.39. The van der Waals surface area contributed by atoms with Gasteiger partial charge in [0, 0.05) is 12.0 Å². The Kier molecular flexibility index (Phi) is 2.62. The summed E-state index contributed by atoms with van der Waals surface area (Å²) >= 11 is 0. The van der Waals surface area contributed by atoms with Crippen LogP contribution in [0, 0.1) is 33.3 Å². The normalized spacial score (nSPS) is 7.92. The second-order valence-electron chi connectivity index (χ2n) is 2.14. The molecule has 4 heteroatoms. The van der Waals surface area contributed by atoms with Crippen molar-refractivity contribution in [1.29, 1.82) is 5.26 Å². The van der Waals surface area contributed by atoms with Crippen LogP contribution in [0.15, 0.2) is 24.3 Å². The molecule has 0 saturated heterocycles. The molecule has 0 N–H and O–H groups in total. The Morgan fingerprint density at radius 1 is 1.38 bits per heavy atom. The summed E-state index contributed by atoms with van der Waals surface area (Å²) in [6.45, 7) is 0. The molecule has 0 radical (unpaired) electrons. The molecular formula is C9H4N2O2. The van der Waals surface area contributed by atoms with Gasteiger partial charge in [-0.1, -0.05) is 12.1 Å². The number of nitro benzene ring substituents is 1. The molecule has 4 nitrogen and oxygen atoms in total. The molecule has 0 spiro atoms. The first-order chi connectivity index (χ1) is 6.25. The standard InChI is InChI=1S/C9H4N2O2/c10-7-3-5-8-4-1-2-6-9(8)11(12)13/h1-2,4,6H. The Balaban J connectivity index is 3.22. The summed E-state index contributed by atoms with van der Waals surface area (Å²) in [5, 5.41) is 18.6. The molecule has 0 amide bonds. The highest BCUT2D eigenvalue weighted by molar-refractivity contribution is 5.51. The maximum atomic E-state index is 10.4. The van der Waals surface area contributed by atoms with Gasteiger partial charge in [-0.2, -0.15) is 5.26 Å². The van der Waals surface area contributed by atoms with Gasteiger partial charge in [-0.15, -0.1) is 0 Å². The molecule has 0 unspecified atom stereocenters. The van der Waals surface area contributed by atoms with E-state index in [0.717, 1.165) is 0 Å². The van der Waals surface area contributed by atoms with Crippen LogP contribution in [0.4, 0.5) is 5.69 Å². The van der Waals surface area contributed by atoms with Gasteiger partial charge in [-0.25, -0.2) is 0 Å². The Morgan fingerprint density at radius 3 is 2.69 bits per heavy atom. The molecule has 13 heavy (non-hydrogen) atoms. The maximum Gasteiger partial charge on any atom is 0.284 e. The Bertz CT molecular complexity index is 435. The van der Waals surface area contributed by atoms with E-state index in [1.165, 1.54) is 12.1 Å². The van der Waals surface area contributed by atoms with E-state index in [-0.39, 0.29) is 11.3 Å². The minimum Gasteiger partial charge on any atom is -0.258 e. The van der Waals surface area contributed by atoms with Gasteiger partial charge >= 0.3 is 0 Å². The molecule has 1 rings (SSSR count). The van der Waals surface area contributed by atoms with Gasteiger partial charge in [0.15, 0.2) is 6.07 Å². The molecule has 0 aromatic heterocycles. The molecule has 62 valence electrons. The minimum atomic E-state index is -0.526. The summed E-state index contributed by atoms with van der Waals surface area (Å²) in [6.07, 6.45) is 0. The fourth-order valence-corrected chi connectivity index (χ4v) is 0.834. The molecular weight excluding hydrogens is 168 g/mol. The van der Waals surface area contributed by atoms with Crippen LogP contribution in [0.25, 0.3) is 0 Å². The number of rotatable bonds is 1. The molecule has 0 bridgehead atoms. The number of hydrogen-bond acceptors (Lipinski definition) is 3. The van der Waals surface area contributed by atoms with E-state index in [9.17, 15) is 10.1 Å². The van der Waals surface area contributed by atoms with Crippen LogP contribution in [-0.2, 0) is 0 Å². The number of nitro groups is 1. The summed E-state index contributed by atoms with van der Waals surface area (Å²) < 4.78 is 0. The van der Waals surface area contributed by atoms with Crippen LogP contribution in [0.5, 0.6) is 0 Å². The van der Waals surface area contributed by atoms with Crippen molar-refractivity contribution in [3.8, 4) is 17.9 Å². The van der Waals surface area contributed by atoms with E-state index < -0.39 is 4.92 Å². The molecule has 0 heterocycles. The molecule has 1 aromatic carbocycles. The number of hydrogen-bond donors (Lipinski definition) is 0. The lowest BCUT2D eigenvalue weighted by Gasteiger charge is -1.92. The van der Waals surface area contributed by atoms with Crippen molar-refractivity contribution in [2.24, 2.45) is 0 Å². The largest absolute Gasteiger partial charge is 0.284 e. The van der Waals surface area contributed by atoms with E-state index >= 15 is 0 Å². The van der Waals surface area contributed by atoms with E-state index in [1.54, 1.807) is 18.2 Å². The van der Waals surface area contributed by atoms with E-state index in [1.807, 2.05) is 0 Å². The smallest absolute Gasteiger partial charge is 0.258 e. The van der Waals surface area contributed by atoms with Gasteiger partial charge in [0.25, 0.3) is 5.69 Å². The minimum absolute atomic E-state index is 0.0785. The third-order valence-electron chi connectivity index (χ3n) is 1.35. The average molecular weight is 172 g/mol. The van der Waals surface area contributed by atoms with Crippen LogP contribution in [0.1, 0.15) is 5.56 Å². The number of nitrogens with zero attached hydrogens (tertiary/aromatic N) is 2. The van der Waals surface area contributed by atoms with Crippen LogP contribution >= 0.6 is 0 Å². The van der Waals surface area contributed by atoms with Crippen LogP contribution in [0.2, 0.25) is 0 Å². The lowest BCUT2D eigenvalue weighted by Crippen LogP contribution is -1.90. The predicted molar refractivity (Wildman–Crippen MR) is 45.6 cm³/mol. The summed E-state index contributed by atoms with van der Waals surface area (Å²) in [5.74, 6) is 4.50. The average Bonchev–Trinajstić information content (AvgIpc) is 2.15. The van der Waals surface area contributed by atoms with Crippen molar-refractivity contribution in [3.05, 3.63) is 39.9 Å². The molecule has 0 aliphatic carbocycles. The summed E-state index contributed by atoms with van der Waals surface area (Å²) in [7, 11) is 0.